The van der Waals surface area contributed by atoms with Crippen molar-refractivity contribution >= 4 is 103 Å². The second-order valence-electron chi connectivity index (χ2n) is 16.8. The maximum Gasteiger partial charge on any atom is 2.00 e. The molecule has 0 heterocycles. The molecule has 16 nitrogen and oxygen atoms in total. The van der Waals surface area contributed by atoms with Crippen LogP contribution < -0.4 is 0 Å². The molecule has 8 aromatic carbocycles. The maximum absolute atomic E-state index is 13.5. The molecule has 8 rings (SSSR count). The third-order valence-electron chi connectivity index (χ3n) is 11.7. The van der Waals surface area contributed by atoms with Gasteiger partial charge in [0.1, 0.15) is 0 Å². The third-order valence-corrected chi connectivity index (χ3v) is 24.9. The van der Waals surface area contributed by atoms with E-state index in [0.717, 1.165) is 84.6 Å². The first-order chi connectivity index (χ1) is 36.5. The third kappa shape index (κ3) is 13.4. The molecule has 0 aliphatic carbocycles. The van der Waals surface area contributed by atoms with Crippen LogP contribution in [-0.2, 0) is 108 Å². The Labute approximate surface area is 481 Å². The van der Waals surface area contributed by atoms with Crippen LogP contribution in [0.25, 0.3) is 0 Å². The number of sulfone groups is 7. The minimum atomic E-state index is -4.28. The molecule has 0 bridgehead atoms. The Kier molecular flexibility index (Phi) is 19.4. The maximum atomic E-state index is 13.5. The number of alkyl halides is 2. The van der Waals surface area contributed by atoms with Crippen LogP contribution in [0.1, 0.15) is 16.7 Å². The van der Waals surface area contributed by atoms with Crippen LogP contribution >= 0.6 is 23.2 Å². The van der Waals surface area contributed by atoms with Gasteiger partial charge >= 0.3 is 16.8 Å². The molecule has 8 aromatic rings. The first-order valence-electron chi connectivity index (χ1n) is 22.1. The molecule has 27 heteroatoms. The topological polar surface area (TPSA) is 279 Å². The van der Waals surface area contributed by atoms with E-state index in [1.165, 1.54) is 97.1 Å². The van der Waals surface area contributed by atoms with Gasteiger partial charge in [0.25, 0.3) is 0 Å². The molecule has 1 radical (unpaired) electrons. The van der Waals surface area contributed by atoms with E-state index in [2.05, 4.69) is 6.07 Å². The van der Waals surface area contributed by atoms with E-state index < -0.39 is 79.9 Å². The van der Waals surface area contributed by atoms with E-state index in [-0.39, 0.29) is 108 Å². The Morgan fingerprint density at radius 2 is 0.646 bits per heavy atom. The van der Waals surface area contributed by atoms with Gasteiger partial charge in [-0.2, -0.15) is 30.3 Å². The van der Waals surface area contributed by atoms with Crippen molar-refractivity contribution in [2.45, 2.75) is 87.2 Å². The largest absolute Gasteiger partial charge is 2.00 e. The standard InChI is InChI=1S/C27H22Cl2O8S4.C25H19O8S4.Co/c1-18-2-5-22(6-3-18)39(32,33)23-7-9-24(10-8-23)40(34,35)25-11-13-27(20(15-25)17-29)41(36,37)26-12-4-21(38(30)31)14-19(26)16-28;1-34(26,27)19-7-9-21(10-8-19)36(30,31)23-15-17-25(18-16-23)37(32,33)24-13-11-22(12-14-24)35(28,29)20-5-3-2-4-6-20;/h2-15H,16-17H2,1H3,(H,30,31);3-18H,1H3;/q;-1;+2/p-1. The van der Waals surface area contributed by atoms with Crippen molar-refractivity contribution in [2.24, 2.45) is 0 Å². The number of hydrogen-bond donors (Lipinski definition) is 0. The summed E-state index contributed by atoms with van der Waals surface area (Å²) in [5.41, 5.74) is 0.921. The molecule has 0 fully saturated rings. The molecular weight excluding hydrogens is 1270 g/mol. The van der Waals surface area contributed by atoms with E-state index in [1.54, 1.807) is 12.1 Å². The van der Waals surface area contributed by atoms with Gasteiger partial charge in [0.2, 0.25) is 49.2 Å². The Morgan fingerprint density at radius 1 is 0.380 bits per heavy atom. The average Bonchev–Trinajstić information content (AvgIpc) is 3.56. The summed E-state index contributed by atoms with van der Waals surface area (Å²) < 4.78 is 203. The summed E-state index contributed by atoms with van der Waals surface area (Å²) >= 11 is 9.34. The van der Waals surface area contributed by atoms with Gasteiger partial charge in [-0.05, 0) is 180 Å². The Bertz CT molecular complexity index is 4440. The second kappa shape index (κ2) is 24.4. The van der Waals surface area contributed by atoms with E-state index in [9.17, 15) is 67.7 Å². The van der Waals surface area contributed by atoms with Crippen molar-refractivity contribution in [3.63, 3.8) is 0 Å². The van der Waals surface area contributed by atoms with E-state index in [0.29, 0.717) is 0 Å². The fourth-order valence-corrected chi connectivity index (χ4v) is 17.1. The zero-order valence-electron chi connectivity index (χ0n) is 40.6. The number of rotatable bonds is 16. The smallest absolute Gasteiger partial charge is 0.768 e. The summed E-state index contributed by atoms with van der Waals surface area (Å²) in [4.78, 5) is -1.89. The molecular formula is C52H40Cl2CoO16S8. The first-order valence-corrected chi connectivity index (χ1v) is 35.0. The fourth-order valence-electron chi connectivity index (χ4n) is 7.44. The minimum Gasteiger partial charge on any atom is -0.768 e. The zero-order chi connectivity index (χ0) is 57.2. The molecule has 0 amide bonds. The van der Waals surface area contributed by atoms with Crippen LogP contribution in [0.2, 0.25) is 0 Å². The molecule has 79 heavy (non-hydrogen) atoms. The summed E-state index contributed by atoms with van der Waals surface area (Å²) in [6, 6.07) is 40.1. The first kappa shape index (κ1) is 62.8. The van der Waals surface area contributed by atoms with Crippen LogP contribution in [0.15, 0.2) is 251 Å². The summed E-state index contributed by atoms with van der Waals surface area (Å²) in [6.07, 6.45) is 1.00. The van der Waals surface area contributed by atoms with Gasteiger partial charge < -0.3 is 4.55 Å². The fraction of sp³-hybridized carbons (Fsp3) is 0.0769. The van der Waals surface area contributed by atoms with E-state index in [1.807, 2.05) is 6.92 Å². The summed E-state index contributed by atoms with van der Waals surface area (Å²) in [5.74, 6) is -0.650. The van der Waals surface area contributed by atoms with Crippen LogP contribution in [0.5, 0.6) is 0 Å². The van der Waals surface area contributed by atoms with E-state index >= 15 is 0 Å². The number of hydrogen-bond acceptors (Lipinski definition) is 16. The summed E-state index contributed by atoms with van der Waals surface area (Å²) in [6.45, 7) is 1.82. The van der Waals surface area contributed by atoms with Crippen molar-refractivity contribution in [1.29, 1.82) is 0 Å². The number of benzene rings is 8. The SMILES string of the molecule is CS(=O)(=O)c1ccc(S(=O)(=O)c2ccc(S(=O)(=O)c3ccc(S(=O)(=O)c4cc[c-]cc4)cc3)cc2)cc1.Cc1ccc(S(=O)(=O)c2ccc(S(=O)(=O)c3ccc(S(=O)(=O)c4ccc(S(=O)[O-])cc4CCl)c(CCl)c3)cc2)cc1.[Co+2]. The van der Waals surface area contributed by atoms with Crippen molar-refractivity contribution in [1.82, 2.24) is 0 Å². The van der Waals surface area contributed by atoms with Gasteiger partial charge in [-0.3, -0.25) is 4.21 Å². The van der Waals surface area contributed by atoms with Gasteiger partial charge in [0, 0.05) is 22.9 Å². The monoisotopic (exact) mass is 1300 g/mol. The average molecular weight is 1310 g/mol. The second-order valence-corrected chi connectivity index (χ2v) is 31.9. The Hall–Kier alpha value is -5.39. The molecule has 0 aliphatic heterocycles. The molecule has 1 unspecified atom stereocenters. The number of halogens is 2. The van der Waals surface area contributed by atoms with E-state index in [4.69, 9.17) is 23.2 Å². The summed E-state index contributed by atoms with van der Waals surface area (Å²) in [7, 11) is -27.8. The van der Waals surface area contributed by atoms with Crippen LogP contribution in [0.4, 0.5) is 0 Å². The zero-order valence-corrected chi connectivity index (χ0v) is 49.7. The van der Waals surface area contributed by atoms with Gasteiger partial charge in [-0.1, -0.05) is 17.7 Å². The minimum absolute atomic E-state index is 0. The van der Waals surface area contributed by atoms with Gasteiger partial charge in [-0.25, -0.2) is 58.9 Å². The molecule has 0 spiro atoms. The van der Waals surface area contributed by atoms with Crippen molar-refractivity contribution in [3.05, 3.63) is 205 Å². The van der Waals surface area contributed by atoms with Gasteiger partial charge in [0.15, 0.2) is 19.7 Å². The molecule has 0 N–H and O–H groups in total. The predicted molar refractivity (Wildman–Crippen MR) is 287 cm³/mol. The van der Waals surface area contributed by atoms with Gasteiger partial charge in [-0.15, -0.1) is 23.2 Å². The van der Waals surface area contributed by atoms with Crippen molar-refractivity contribution in [3.8, 4) is 0 Å². The van der Waals surface area contributed by atoms with Crippen LogP contribution in [0, 0.1) is 13.0 Å². The predicted octanol–water partition coefficient (Wildman–Crippen LogP) is 8.60. The Morgan fingerprint density at radius 3 is 0.962 bits per heavy atom. The van der Waals surface area contributed by atoms with Crippen molar-refractivity contribution < 1.29 is 84.5 Å². The normalized spacial score (nSPS) is 12.8. The van der Waals surface area contributed by atoms with Crippen molar-refractivity contribution in [2.75, 3.05) is 6.26 Å². The number of aryl methyl sites for hydroxylation is 1. The quantitative estimate of drug-likeness (QED) is 0.0497. The molecule has 0 aliphatic rings. The Balaban J connectivity index is 0.000000253. The van der Waals surface area contributed by atoms with Crippen LogP contribution in [0.3, 0.4) is 0 Å². The molecule has 1 atom stereocenters. The summed E-state index contributed by atoms with van der Waals surface area (Å²) in [5, 5.41) is 0. The van der Waals surface area contributed by atoms with Gasteiger partial charge in [0.05, 0.1) is 58.7 Å². The molecule has 0 saturated heterocycles. The molecule has 0 saturated carbocycles. The molecule has 415 valence electrons. The van der Waals surface area contributed by atoms with Crippen LogP contribution in [-0.4, -0.2) is 73.9 Å². The molecule has 0 aromatic heterocycles.